The lowest BCUT2D eigenvalue weighted by Gasteiger charge is -2.13. The van der Waals surface area contributed by atoms with Crippen LogP contribution in [0.3, 0.4) is 0 Å². The number of rotatable bonds is 2. The van der Waals surface area contributed by atoms with Crippen molar-refractivity contribution in [2.45, 2.75) is 19.5 Å². The molecule has 0 radical (unpaired) electrons. The highest BCUT2D eigenvalue weighted by atomic mass is 19.4. The zero-order valence-corrected chi connectivity index (χ0v) is 7.86. The zero-order chi connectivity index (χ0) is 10.8. The Labute approximate surface area is 81.1 Å². The van der Waals surface area contributed by atoms with E-state index in [1.807, 2.05) is 0 Å². The van der Waals surface area contributed by atoms with Gasteiger partial charge in [0, 0.05) is 0 Å². The van der Waals surface area contributed by atoms with Crippen molar-refractivity contribution in [3.05, 3.63) is 42.0 Å². The molecule has 0 heterocycles. The summed E-state index contributed by atoms with van der Waals surface area (Å²) in [6.45, 7) is 5.40. The second kappa shape index (κ2) is 3.86. The van der Waals surface area contributed by atoms with Crippen LogP contribution < -0.4 is 0 Å². The number of hydrogen-bond donors (Lipinski definition) is 0. The van der Waals surface area contributed by atoms with Gasteiger partial charge in [0.05, 0.1) is 5.56 Å². The first-order valence-corrected chi connectivity index (χ1v) is 4.31. The minimum Gasteiger partial charge on any atom is -0.166 e. The van der Waals surface area contributed by atoms with Crippen LogP contribution in [0.15, 0.2) is 30.8 Å². The maximum atomic E-state index is 12.5. The quantitative estimate of drug-likeness (QED) is 0.673. The molecule has 0 saturated heterocycles. The topological polar surface area (TPSA) is 0 Å². The first-order chi connectivity index (χ1) is 6.46. The molecule has 0 aliphatic rings. The van der Waals surface area contributed by atoms with E-state index in [4.69, 9.17) is 0 Å². The van der Waals surface area contributed by atoms with E-state index < -0.39 is 11.7 Å². The molecule has 0 unspecified atom stereocenters. The highest BCUT2D eigenvalue weighted by Gasteiger charge is 2.33. The molecule has 0 aromatic heterocycles. The van der Waals surface area contributed by atoms with Gasteiger partial charge < -0.3 is 0 Å². The number of halogens is 3. The fourth-order valence-electron chi connectivity index (χ4n) is 1.23. The van der Waals surface area contributed by atoms with Gasteiger partial charge in [0.15, 0.2) is 0 Å². The summed E-state index contributed by atoms with van der Waals surface area (Å²) in [6.07, 6.45) is -3.78. The van der Waals surface area contributed by atoms with Crippen LogP contribution in [0.5, 0.6) is 0 Å². The smallest absolute Gasteiger partial charge is 0.166 e. The van der Waals surface area contributed by atoms with Gasteiger partial charge in [0.2, 0.25) is 0 Å². The molecule has 0 saturated carbocycles. The van der Waals surface area contributed by atoms with Crippen LogP contribution in [0.25, 0.3) is 5.57 Å². The Hall–Kier alpha value is -1.25. The molecule has 0 amide bonds. The Kier molecular flexibility index (Phi) is 2.99. The molecule has 0 nitrogen and oxygen atoms in total. The molecule has 1 aromatic carbocycles. The Bertz CT molecular complexity index is 337. The van der Waals surface area contributed by atoms with Gasteiger partial charge in [-0.25, -0.2) is 0 Å². The van der Waals surface area contributed by atoms with Gasteiger partial charge >= 0.3 is 6.18 Å². The van der Waals surface area contributed by atoms with E-state index in [2.05, 4.69) is 6.58 Å². The van der Waals surface area contributed by atoms with Crippen molar-refractivity contribution in [3.63, 3.8) is 0 Å². The van der Waals surface area contributed by atoms with Crippen molar-refractivity contribution >= 4 is 5.57 Å². The number of benzene rings is 1. The van der Waals surface area contributed by atoms with Crippen molar-refractivity contribution in [3.8, 4) is 0 Å². The highest BCUT2D eigenvalue weighted by molar-refractivity contribution is 5.66. The number of hydrogen-bond acceptors (Lipinski definition) is 0. The maximum Gasteiger partial charge on any atom is 0.416 e. The van der Waals surface area contributed by atoms with Gasteiger partial charge in [-0.1, -0.05) is 31.7 Å². The van der Waals surface area contributed by atoms with Crippen LogP contribution in [0.1, 0.15) is 24.5 Å². The minimum atomic E-state index is -4.30. The molecular weight excluding hydrogens is 189 g/mol. The normalized spacial score (nSPS) is 11.4. The zero-order valence-electron chi connectivity index (χ0n) is 7.86. The highest BCUT2D eigenvalue weighted by Crippen LogP contribution is 2.34. The molecule has 76 valence electrons. The van der Waals surface area contributed by atoms with E-state index in [1.54, 1.807) is 13.0 Å². The van der Waals surface area contributed by atoms with Crippen LogP contribution in [0.4, 0.5) is 13.2 Å². The van der Waals surface area contributed by atoms with Crippen molar-refractivity contribution in [2.24, 2.45) is 0 Å². The molecule has 0 bridgehead atoms. The van der Waals surface area contributed by atoms with Gasteiger partial charge in [-0.3, -0.25) is 0 Å². The lowest BCUT2D eigenvalue weighted by molar-refractivity contribution is -0.137. The summed E-state index contributed by atoms with van der Waals surface area (Å²) in [6, 6.07) is 5.51. The molecular formula is C11H11F3. The third-order valence-corrected chi connectivity index (χ3v) is 2.04. The largest absolute Gasteiger partial charge is 0.416 e. The summed E-state index contributed by atoms with van der Waals surface area (Å²) < 4.78 is 37.5. The van der Waals surface area contributed by atoms with Crippen LogP contribution in [-0.4, -0.2) is 0 Å². The monoisotopic (exact) mass is 200 g/mol. The number of allylic oxidation sites excluding steroid dienone is 1. The molecule has 1 aromatic rings. The summed E-state index contributed by atoms with van der Waals surface area (Å²) in [5.41, 5.74) is 0.104. The van der Waals surface area contributed by atoms with Crippen LogP contribution >= 0.6 is 0 Å². The third-order valence-electron chi connectivity index (χ3n) is 2.04. The molecule has 0 N–H and O–H groups in total. The number of alkyl halides is 3. The summed E-state index contributed by atoms with van der Waals surface area (Å²) in [7, 11) is 0. The van der Waals surface area contributed by atoms with E-state index in [0.29, 0.717) is 12.0 Å². The van der Waals surface area contributed by atoms with E-state index >= 15 is 0 Å². The van der Waals surface area contributed by atoms with E-state index in [0.717, 1.165) is 6.07 Å². The lowest BCUT2D eigenvalue weighted by atomic mass is 9.99. The maximum absolute atomic E-state index is 12.5. The van der Waals surface area contributed by atoms with Crippen molar-refractivity contribution < 1.29 is 13.2 Å². The van der Waals surface area contributed by atoms with Crippen molar-refractivity contribution in [1.29, 1.82) is 0 Å². The van der Waals surface area contributed by atoms with E-state index in [1.165, 1.54) is 12.1 Å². The van der Waals surface area contributed by atoms with Crippen molar-refractivity contribution in [2.75, 3.05) is 0 Å². The van der Waals surface area contributed by atoms with Gasteiger partial charge in [0.1, 0.15) is 0 Å². The molecule has 14 heavy (non-hydrogen) atoms. The predicted molar refractivity (Wildman–Crippen MR) is 50.8 cm³/mol. The van der Waals surface area contributed by atoms with Gasteiger partial charge in [-0.2, -0.15) is 13.2 Å². The van der Waals surface area contributed by atoms with Crippen LogP contribution in [0.2, 0.25) is 0 Å². The van der Waals surface area contributed by atoms with Gasteiger partial charge in [0.25, 0.3) is 0 Å². The molecule has 0 fully saturated rings. The standard InChI is InChI=1S/C11H11F3/c1-3-8(2)9-6-4-5-7-10(9)11(12,13)14/h4-7H,2-3H2,1H3. The Morgan fingerprint density at radius 3 is 2.36 bits per heavy atom. The summed E-state index contributed by atoms with van der Waals surface area (Å²) in [5, 5.41) is 0. The predicted octanol–water partition coefficient (Wildman–Crippen LogP) is 4.13. The Morgan fingerprint density at radius 1 is 1.29 bits per heavy atom. The average molecular weight is 200 g/mol. The van der Waals surface area contributed by atoms with E-state index in [-0.39, 0.29) is 5.56 Å². The summed E-state index contributed by atoms with van der Waals surface area (Å²) in [4.78, 5) is 0. The fraction of sp³-hybridized carbons (Fsp3) is 0.273. The van der Waals surface area contributed by atoms with Gasteiger partial charge in [-0.15, -0.1) is 0 Å². The van der Waals surface area contributed by atoms with Crippen molar-refractivity contribution in [1.82, 2.24) is 0 Å². The van der Waals surface area contributed by atoms with E-state index in [9.17, 15) is 13.2 Å². The SMILES string of the molecule is C=C(CC)c1ccccc1C(F)(F)F. The Balaban J connectivity index is 3.23. The average Bonchev–Trinajstić information content (AvgIpc) is 2.15. The van der Waals surface area contributed by atoms with Gasteiger partial charge in [-0.05, 0) is 23.6 Å². The van der Waals surface area contributed by atoms with Crippen LogP contribution in [-0.2, 0) is 6.18 Å². The first-order valence-electron chi connectivity index (χ1n) is 4.31. The lowest BCUT2D eigenvalue weighted by Crippen LogP contribution is -2.08. The molecule has 1 rings (SSSR count). The fourth-order valence-corrected chi connectivity index (χ4v) is 1.23. The second-order valence-electron chi connectivity index (χ2n) is 3.00. The summed E-state index contributed by atoms with van der Waals surface area (Å²) in [5.74, 6) is 0. The third kappa shape index (κ3) is 2.16. The molecule has 0 spiro atoms. The Morgan fingerprint density at radius 2 is 1.86 bits per heavy atom. The van der Waals surface area contributed by atoms with Crippen LogP contribution in [0, 0.1) is 0 Å². The molecule has 0 aliphatic carbocycles. The first kappa shape index (κ1) is 10.8. The molecule has 0 atom stereocenters. The minimum absolute atomic E-state index is 0.197. The molecule has 3 heteroatoms. The summed E-state index contributed by atoms with van der Waals surface area (Å²) >= 11 is 0. The molecule has 0 aliphatic heterocycles. The second-order valence-corrected chi connectivity index (χ2v) is 3.00.